The molecule has 10 heteroatoms. The van der Waals surface area contributed by atoms with Crippen molar-refractivity contribution in [1.29, 1.82) is 0 Å². The van der Waals surface area contributed by atoms with Gasteiger partial charge in [-0.1, -0.05) is 6.42 Å². The van der Waals surface area contributed by atoms with E-state index in [4.69, 9.17) is 0 Å². The van der Waals surface area contributed by atoms with Gasteiger partial charge in [-0.25, -0.2) is 8.42 Å². The highest BCUT2D eigenvalue weighted by Gasteiger charge is 2.27. The molecule has 0 unspecified atom stereocenters. The van der Waals surface area contributed by atoms with Crippen molar-refractivity contribution in [2.24, 2.45) is 4.99 Å². The van der Waals surface area contributed by atoms with Crippen molar-refractivity contribution in [1.82, 2.24) is 24.7 Å². The van der Waals surface area contributed by atoms with Crippen LogP contribution in [-0.2, 0) is 23.1 Å². The normalized spacial score (nSPS) is 16.2. The van der Waals surface area contributed by atoms with Crippen molar-refractivity contribution in [3.8, 4) is 0 Å². The van der Waals surface area contributed by atoms with Gasteiger partial charge in [0.2, 0.25) is 0 Å². The van der Waals surface area contributed by atoms with E-state index in [2.05, 4.69) is 20.7 Å². The molecule has 154 valence electrons. The summed E-state index contributed by atoms with van der Waals surface area (Å²) in [5.41, 5.74) is 0. The summed E-state index contributed by atoms with van der Waals surface area (Å²) in [6.07, 6.45) is 7.65. The van der Waals surface area contributed by atoms with Crippen LogP contribution in [0.15, 0.2) is 39.8 Å². The van der Waals surface area contributed by atoms with Crippen LogP contribution in [0.3, 0.4) is 0 Å². The Morgan fingerprint density at radius 3 is 2.79 bits per heavy atom. The number of hydrogen-bond donors (Lipinski definition) is 2. The number of aryl methyl sites for hydroxylation is 1. The number of guanidine groups is 1. The lowest BCUT2D eigenvalue weighted by Gasteiger charge is -2.25. The van der Waals surface area contributed by atoms with Crippen LogP contribution in [0.4, 0.5) is 0 Å². The topological polar surface area (TPSA) is 91.6 Å². The van der Waals surface area contributed by atoms with Crippen LogP contribution in [0.25, 0.3) is 0 Å². The average Bonchev–Trinajstić information content (AvgIpc) is 3.40. The summed E-state index contributed by atoms with van der Waals surface area (Å²) >= 11 is 1.33. The first-order chi connectivity index (χ1) is 13.6. The number of nitrogens with one attached hydrogen (secondary N) is 2. The van der Waals surface area contributed by atoms with E-state index in [1.807, 2.05) is 23.0 Å². The van der Waals surface area contributed by atoms with Gasteiger partial charge < -0.3 is 10.6 Å². The van der Waals surface area contributed by atoms with Gasteiger partial charge in [-0.05, 0) is 37.5 Å². The lowest BCUT2D eigenvalue weighted by Crippen LogP contribution is -2.37. The van der Waals surface area contributed by atoms with Crippen LogP contribution in [0, 0.1) is 0 Å². The molecular formula is C18H28N6O2S2. The van der Waals surface area contributed by atoms with E-state index in [1.165, 1.54) is 11.3 Å². The number of sulfonamides is 1. The fraction of sp³-hybridized carbons (Fsp3) is 0.556. The summed E-state index contributed by atoms with van der Waals surface area (Å²) in [7, 11) is -1.63. The molecule has 0 aliphatic carbocycles. The number of hydrogen-bond acceptors (Lipinski definition) is 5. The molecule has 1 aliphatic heterocycles. The minimum atomic E-state index is -3.35. The maximum absolute atomic E-state index is 12.7. The predicted molar refractivity (Wildman–Crippen MR) is 112 cm³/mol. The molecule has 1 fully saturated rings. The molecule has 2 N–H and O–H groups in total. The molecule has 3 rings (SSSR count). The Hall–Kier alpha value is -1.91. The van der Waals surface area contributed by atoms with Gasteiger partial charge in [0, 0.05) is 50.5 Å². The number of aromatic nitrogens is 2. The van der Waals surface area contributed by atoms with E-state index in [0.29, 0.717) is 29.8 Å². The zero-order valence-corrected chi connectivity index (χ0v) is 17.8. The highest BCUT2D eigenvalue weighted by Crippen LogP contribution is 2.26. The first-order valence-electron chi connectivity index (χ1n) is 9.60. The third-order valence-electron chi connectivity index (χ3n) is 4.62. The first-order valence-corrected chi connectivity index (χ1v) is 11.9. The van der Waals surface area contributed by atoms with Crippen molar-refractivity contribution in [3.05, 3.63) is 35.5 Å². The molecule has 1 aliphatic rings. The third kappa shape index (κ3) is 5.55. The zero-order chi connectivity index (χ0) is 19.8. The maximum Gasteiger partial charge on any atom is 0.252 e. The largest absolute Gasteiger partial charge is 0.356 e. The van der Waals surface area contributed by atoms with Gasteiger partial charge in [-0.2, -0.15) is 9.40 Å². The fourth-order valence-electron chi connectivity index (χ4n) is 3.10. The number of aliphatic imine (C=N–C) groups is 1. The molecule has 8 nitrogen and oxygen atoms in total. The molecule has 1 saturated heterocycles. The standard InChI is InChI=1S/C18H28N6O2S2/c1-19-18(20-9-5-11-23-12-6-10-22-23)21-15-16-7-8-17(27-16)28(25,26)24-13-3-2-4-14-24/h6-8,10,12H,2-5,9,11,13-15H2,1H3,(H2,19,20,21). The summed E-state index contributed by atoms with van der Waals surface area (Å²) in [5.74, 6) is 0.703. The number of nitrogens with zero attached hydrogens (tertiary/aromatic N) is 4. The van der Waals surface area contributed by atoms with Crippen molar-refractivity contribution in [3.63, 3.8) is 0 Å². The van der Waals surface area contributed by atoms with E-state index in [-0.39, 0.29) is 0 Å². The molecule has 3 heterocycles. The van der Waals surface area contributed by atoms with Crippen LogP contribution in [0.1, 0.15) is 30.6 Å². The number of rotatable bonds is 8. The van der Waals surface area contributed by atoms with Gasteiger partial charge in [0.15, 0.2) is 5.96 Å². The minimum Gasteiger partial charge on any atom is -0.356 e. The quantitative estimate of drug-likeness (QED) is 0.383. The number of piperidine rings is 1. The Bertz CT molecular complexity index is 855. The molecule has 0 spiro atoms. The van der Waals surface area contributed by atoms with Gasteiger partial charge in [0.1, 0.15) is 4.21 Å². The Morgan fingerprint density at radius 2 is 2.07 bits per heavy atom. The maximum atomic E-state index is 12.7. The summed E-state index contributed by atoms with van der Waals surface area (Å²) in [5, 5.41) is 10.7. The second-order valence-electron chi connectivity index (χ2n) is 6.66. The van der Waals surface area contributed by atoms with Gasteiger partial charge in [0.05, 0.1) is 6.54 Å². The zero-order valence-electron chi connectivity index (χ0n) is 16.2. The van der Waals surface area contributed by atoms with Crippen molar-refractivity contribution >= 4 is 27.3 Å². The van der Waals surface area contributed by atoms with Crippen molar-refractivity contribution < 1.29 is 8.42 Å². The summed E-state index contributed by atoms with van der Waals surface area (Å²) < 4.78 is 29.4. The molecule has 2 aromatic rings. The molecule has 0 atom stereocenters. The lowest BCUT2D eigenvalue weighted by atomic mass is 10.2. The highest BCUT2D eigenvalue weighted by molar-refractivity contribution is 7.91. The molecule has 0 amide bonds. The Balaban J connectivity index is 1.46. The van der Waals surface area contributed by atoms with Crippen LogP contribution in [0.5, 0.6) is 0 Å². The summed E-state index contributed by atoms with van der Waals surface area (Å²) in [6, 6.07) is 5.50. The molecule has 28 heavy (non-hydrogen) atoms. The van der Waals surface area contributed by atoms with Crippen LogP contribution in [-0.4, -0.2) is 55.1 Å². The monoisotopic (exact) mass is 424 g/mol. The lowest BCUT2D eigenvalue weighted by molar-refractivity contribution is 0.347. The van der Waals surface area contributed by atoms with Gasteiger partial charge in [0.25, 0.3) is 10.0 Å². The molecule has 2 aromatic heterocycles. The van der Waals surface area contributed by atoms with Crippen LogP contribution in [0.2, 0.25) is 0 Å². The van der Waals surface area contributed by atoms with Gasteiger partial charge in [-0.15, -0.1) is 11.3 Å². The fourth-order valence-corrected chi connectivity index (χ4v) is 6.06. The predicted octanol–water partition coefficient (Wildman–Crippen LogP) is 1.87. The molecule has 0 radical (unpaired) electrons. The second-order valence-corrected chi connectivity index (χ2v) is 9.99. The van der Waals surface area contributed by atoms with E-state index in [9.17, 15) is 8.42 Å². The smallest absolute Gasteiger partial charge is 0.252 e. The average molecular weight is 425 g/mol. The molecule has 0 aromatic carbocycles. The molecule has 0 bridgehead atoms. The Labute approximate surface area is 170 Å². The van der Waals surface area contributed by atoms with E-state index < -0.39 is 10.0 Å². The first kappa shape index (κ1) is 20.8. The van der Waals surface area contributed by atoms with E-state index in [1.54, 1.807) is 23.6 Å². The minimum absolute atomic E-state index is 0.424. The van der Waals surface area contributed by atoms with E-state index >= 15 is 0 Å². The second kappa shape index (κ2) is 10.0. The number of thiophene rings is 1. The van der Waals surface area contributed by atoms with Crippen LogP contribution >= 0.6 is 11.3 Å². The SMILES string of the molecule is CN=C(NCCCn1cccn1)NCc1ccc(S(=O)(=O)N2CCCCC2)s1. The van der Waals surface area contributed by atoms with Gasteiger partial charge >= 0.3 is 0 Å². The van der Waals surface area contributed by atoms with Crippen molar-refractivity contribution in [2.45, 2.75) is 43.0 Å². The highest BCUT2D eigenvalue weighted by atomic mass is 32.2. The summed E-state index contributed by atoms with van der Waals surface area (Å²) in [4.78, 5) is 5.18. The molecular weight excluding hydrogens is 396 g/mol. The third-order valence-corrected chi connectivity index (χ3v) is 8.07. The van der Waals surface area contributed by atoms with Gasteiger partial charge in [-0.3, -0.25) is 9.67 Å². The summed E-state index contributed by atoms with van der Waals surface area (Å²) in [6.45, 7) is 3.42. The van der Waals surface area contributed by atoms with Crippen LogP contribution < -0.4 is 10.6 Å². The van der Waals surface area contributed by atoms with Crippen molar-refractivity contribution in [2.75, 3.05) is 26.7 Å². The Morgan fingerprint density at radius 1 is 1.25 bits per heavy atom. The Kier molecular flexibility index (Phi) is 7.46. The molecule has 0 saturated carbocycles. The van der Waals surface area contributed by atoms with E-state index in [0.717, 1.165) is 43.6 Å².